The number of hydrogen-bond donors (Lipinski definition) is 1. The molecule has 2 aromatic heterocycles. The molecule has 0 aliphatic carbocycles. The van der Waals surface area contributed by atoms with Crippen molar-refractivity contribution in [1.29, 1.82) is 0 Å². The zero-order valence-electron chi connectivity index (χ0n) is 12.7. The van der Waals surface area contributed by atoms with E-state index in [9.17, 15) is 4.79 Å². The molecule has 120 valence electrons. The van der Waals surface area contributed by atoms with Crippen LogP contribution in [0.4, 0.5) is 0 Å². The summed E-state index contributed by atoms with van der Waals surface area (Å²) in [7, 11) is 0. The molecule has 0 atom stereocenters. The van der Waals surface area contributed by atoms with E-state index in [2.05, 4.69) is 22.2 Å². The average molecular weight is 325 g/mol. The van der Waals surface area contributed by atoms with Crippen LogP contribution < -0.4 is 22.9 Å². The highest BCUT2D eigenvalue weighted by Crippen LogP contribution is 2.29. The molecule has 0 saturated heterocycles. The van der Waals surface area contributed by atoms with Crippen LogP contribution in [0.15, 0.2) is 18.3 Å². The molecule has 7 heteroatoms. The maximum Gasteiger partial charge on any atom is 0.270 e. The quantitative estimate of drug-likeness (QED) is 0.662. The third-order valence-corrected chi connectivity index (χ3v) is 3.76. The summed E-state index contributed by atoms with van der Waals surface area (Å²) >= 11 is 0. The predicted molar refractivity (Wildman–Crippen MR) is 79.2 cm³/mol. The summed E-state index contributed by atoms with van der Waals surface area (Å²) in [6.45, 7) is 5.68. The minimum Gasteiger partial charge on any atom is -1.00 e. The van der Waals surface area contributed by atoms with Gasteiger partial charge in [-0.2, -0.15) is 0 Å². The van der Waals surface area contributed by atoms with Crippen molar-refractivity contribution in [2.75, 3.05) is 26.2 Å². The second-order valence-corrected chi connectivity index (χ2v) is 5.22. The minimum absolute atomic E-state index is 0. The topological polar surface area (TPSA) is 75.0 Å². The largest absolute Gasteiger partial charge is 1.00 e. The van der Waals surface area contributed by atoms with Crippen LogP contribution >= 0.6 is 0 Å². The van der Waals surface area contributed by atoms with E-state index in [1.807, 2.05) is 17.0 Å². The standard InChI is InChI=1S/C15H20N4O2.ClH/c1-2-9-21-14-11-10-13-15(20)18(6-4-16)7-8-19(13)12(11)3-5-17-14;/h3,5,10H,2,4,6-9,16H2,1H3;1H. The Balaban J connectivity index is 0.00000176. The molecular weight excluding hydrogens is 304 g/mol. The summed E-state index contributed by atoms with van der Waals surface area (Å²) in [5.74, 6) is 0.690. The predicted octanol–water partition coefficient (Wildman–Crippen LogP) is -2.47. The normalized spacial score (nSPS) is 13.9. The summed E-state index contributed by atoms with van der Waals surface area (Å²) in [5.41, 5.74) is 5.57. The summed E-state index contributed by atoms with van der Waals surface area (Å²) in [6, 6.07) is 3.85. The summed E-state index contributed by atoms with van der Waals surface area (Å²) in [5, 5.41) is 0.922. The van der Waals surface area contributed by atoms with E-state index in [0.717, 1.165) is 42.7 Å². The highest BCUT2D eigenvalue weighted by Gasteiger charge is 2.27. The zero-order valence-corrected chi connectivity index (χ0v) is 13.5. The van der Waals surface area contributed by atoms with Gasteiger partial charge in [0.1, 0.15) is 5.69 Å². The molecule has 0 fully saturated rings. The van der Waals surface area contributed by atoms with Crippen LogP contribution in [0.3, 0.4) is 0 Å². The average Bonchev–Trinajstić information content (AvgIpc) is 2.88. The first-order chi connectivity index (χ1) is 10.3. The van der Waals surface area contributed by atoms with Gasteiger partial charge in [-0.25, -0.2) is 4.98 Å². The van der Waals surface area contributed by atoms with Gasteiger partial charge < -0.3 is 32.3 Å². The molecule has 0 spiro atoms. The SMILES string of the molecule is CCCOc1nccc2c1cc1n2CCN(CC[NH3+])C1=O.[Cl-]. The van der Waals surface area contributed by atoms with Crippen molar-refractivity contribution < 1.29 is 27.7 Å². The number of pyridine rings is 1. The van der Waals surface area contributed by atoms with Crippen LogP contribution in [0.25, 0.3) is 10.9 Å². The summed E-state index contributed by atoms with van der Waals surface area (Å²) in [6.07, 6.45) is 2.68. The van der Waals surface area contributed by atoms with Gasteiger partial charge in [0.2, 0.25) is 5.88 Å². The fourth-order valence-electron chi connectivity index (χ4n) is 2.78. The number of ether oxygens (including phenoxy) is 1. The van der Waals surface area contributed by atoms with Gasteiger partial charge in [0, 0.05) is 19.3 Å². The van der Waals surface area contributed by atoms with Crippen molar-refractivity contribution in [3.05, 3.63) is 24.0 Å². The first kappa shape index (κ1) is 16.6. The van der Waals surface area contributed by atoms with Crippen molar-refractivity contribution in [1.82, 2.24) is 14.5 Å². The molecular formula is C15H21ClN4O2. The first-order valence-corrected chi connectivity index (χ1v) is 7.45. The molecule has 1 aliphatic heterocycles. The van der Waals surface area contributed by atoms with Gasteiger partial charge in [-0.05, 0) is 18.6 Å². The van der Waals surface area contributed by atoms with Gasteiger partial charge in [-0.1, -0.05) is 6.92 Å². The monoisotopic (exact) mass is 324 g/mol. The zero-order chi connectivity index (χ0) is 14.8. The fourth-order valence-corrected chi connectivity index (χ4v) is 2.78. The molecule has 3 N–H and O–H groups in total. The number of quaternary nitrogens is 1. The highest BCUT2D eigenvalue weighted by molar-refractivity contribution is 6.00. The molecule has 0 bridgehead atoms. The molecule has 3 rings (SSSR count). The molecule has 22 heavy (non-hydrogen) atoms. The number of aromatic nitrogens is 2. The Morgan fingerprint density at radius 3 is 2.95 bits per heavy atom. The van der Waals surface area contributed by atoms with Crippen molar-refractivity contribution in [3.8, 4) is 5.88 Å². The lowest BCUT2D eigenvalue weighted by atomic mass is 10.2. The Morgan fingerprint density at radius 1 is 1.41 bits per heavy atom. The molecule has 1 amide bonds. The van der Waals surface area contributed by atoms with Crippen molar-refractivity contribution in [3.63, 3.8) is 0 Å². The number of amides is 1. The van der Waals surface area contributed by atoms with Crippen LogP contribution in [0.1, 0.15) is 23.8 Å². The van der Waals surface area contributed by atoms with Crippen LogP contribution in [-0.4, -0.2) is 46.6 Å². The second kappa shape index (κ2) is 6.98. The number of hydrogen-bond acceptors (Lipinski definition) is 3. The van der Waals surface area contributed by atoms with E-state index >= 15 is 0 Å². The van der Waals surface area contributed by atoms with Gasteiger partial charge in [0.05, 0.1) is 30.6 Å². The highest BCUT2D eigenvalue weighted by atomic mass is 35.5. The van der Waals surface area contributed by atoms with Crippen molar-refractivity contribution >= 4 is 16.8 Å². The Hall–Kier alpha value is -1.79. The van der Waals surface area contributed by atoms with Crippen molar-refractivity contribution in [2.45, 2.75) is 19.9 Å². The minimum atomic E-state index is 0. The Morgan fingerprint density at radius 2 is 2.23 bits per heavy atom. The third kappa shape index (κ3) is 2.76. The van der Waals surface area contributed by atoms with Gasteiger partial charge >= 0.3 is 0 Å². The van der Waals surface area contributed by atoms with Crippen molar-refractivity contribution in [2.24, 2.45) is 0 Å². The molecule has 0 aromatic carbocycles. The van der Waals surface area contributed by atoms with Crippen LogP contribution in [0.5, 0.6) is 5.88 Å². The molecule has 0 saturated carbocycles. The third-order valence-electron chi connectivity index (χ3n) is 3.76. The van der Waals surface area contributed by atoms with Gasteiger partial charge in [0.15, 0.2) is 0 Å². The van der Waals surface area contributed by atoms with Crippen LogP contribution in [0, 0.1) is 0 Å². The number of carbonyl (C=O) groups is 1. The van der Waals surface area contributed by atoms with Gasteiger partial charge in [-0.15, -0.1) is 0 Å². The lowest BCUT2D eigenvalue weighted by Gasteiger charge is -2.27. The van der Waals surface area contributed by atoms with Gasteiger partial charge in [0.25, 0.3) is 5.91 Å². The number of carbonyl (C=O) groups excluding carboxylic acids is 1. The number of rotatable bonds is 5. The van der Waals surface area contributed by atoms with Gasteiger partial charge in [-0.3, -0.25) is 4.79 Å². The number of nitrogens with zero attached hydrogens (tertiary/aromatic N) is 3. The summed E-state index contributed by atoms with van der Waals surface area (Å²) in [4.78, 5) is 18.7. The number of fused-ring (bicyclic) bond motifs is 3. The smallest absolute Gasteiger partial charge is 0.270 e. The lowest BCUT2D eigenvalue weighted by molar-refractivity contribution is -0.368. The van der Waals surface area contributed by atoms with Crippen LogP contribution in [-0.2, 0) is 6.54 Å². The molecule has 1 aliphatic rings. The Kier molecular flexibility index (Phi) is 5.26. The van der Waals surface area contributed by atoms with Crippen LogP contribution in [0.2, 0.25) is 0 Å². The summed E-state index contributed by atoms with van der Waals surface area (Å²) < 4.78 is 7.76. The van der Waals surface area contributed by atoms with E-state index in [0.29, 0.717) is 19.0 Å². The lowest BCUT2D eigenvalue weighted by Crippen LogP contribution is -3.00. The van der Waals surface area contributed by atoms with E-state index in [-0.39, 0.29) is 18.3 Å². The maximum absolute atomic E-state index is 12.5. The maximum atomic E-state index is 12.5. The number of halogens is 1. The molecule has 2 aromatic rings. The van der Waals surface area contributed by atoms with E-state index in [1.54, 1.807) is 6.20 Å². The second-order valence-electron chi connectivity index (χ2n) is 5.22. The molecule has 0 unspecified atom stereocenters. The molecule has 0 radical (unpaired) electrons. The fraction of sp³-hybridized carbons (Fsp3) is 0.467. The Labute approximate surface area is 135 Å². The van der Waals surface area contributed by atoms with E-state index < -0.39 is 0 Å². The first-order valence-electron chi connectivity index (χ1n) is 7.45. The molecule has 6 nitrogen and oxygen atoms in total. The Bertz CT molecular complexity index is 671. The molecule has 3 heterocycles. The van der Waals surface area contributed by atoms with E-state index in [1.165, 1.54) is 0 Å². The van der Waals surface area contributed by atoms with E-state index in [4.69, 9.17) is 4.74 Å².